The molecule has 1 heterocycles. The molecule has 0 amide bonds. The van der Waals surface area contributed by atoms with Crippen LogP contribution in [0.3, 0.4) is 0 Å². The number of anilines is 1. The summed E-state index contributed by atoms with van der Waals surface area (Å²) in [4.78, 5) is 16.8. The lowest BCUT2D eigenvalue weighted by Gasteiger charge is -2.24. The highest BCUT2D eigenvalue weighted by molar-refractivity contribution is 5.88. The molecule has 0 bridgehead atoms. The van der Waals surface area contributed by atoms with Gasteiger partial charge in [-0.05, 0) is 31.9 Å². The fraction of sp³-hybridized carbons (Fsp3) is 0.500. The van der Waals surface area contributed by atoms with Crippen LogP contribution in [0.25, 0.3) is 0 Å². The summed E-state index contributed by atoms with van der Waals surface area (Å²) in [5.74, 6) is 0. The molecule has 0 saturated carbocycles. The maximum atomic E-state index is 11.2. The predicted octanol–water partition coefficient (Wildman–Crippen LogP) is 2.12. The Morgan fingerprint density at radius 1 is 1.50 bits per heavy atom. The van der Waals surface area contributed by atoms with Crippen LogP contribution in [0.2, 0.25) is 0 Å². The van der Waals surface area contributed by atoms with Crippen molar-refractivity contribution >= 4 is 17.6 Å². The Bertz CT molecular complexity index is 562. The number of fused-ring (bicyclic) bond motifs is 1. The average molecular weight is 277 g/mol. The zero-order valence-corrected chi connectivity index (χ0v) is 12.0. The lowest BCUT2D eigenvalue weighted by molar-refractivity contribution is -0.384. The van der Waals surface area contributed by atoms with Gasteiger partial charge in [-0.1, -0.05) is 0 Å². The number of hydrogen-bond donors (Lipinski definition) is 1. The van der Waals surface area contributed by atoms with E-state index in [1.54, 1.807) is 33.2 Å². The summed E-state index contributed by atoms with van der Waals surface area (Å²) in [6.45, 7) is 4.57. The SMILES string of the molecule is CN(CCC(C)(C)O)c1cc2c(cc1[N+](=O)[O-])C=NC2. The van der Waals surface area contributed by atoms with Gasteiger partial charge < -0.3 is 10.0 Å². The Balaban J connectivity index is 2.28. The predicted molar refractivity (Wildman–Crippen MR) is 78.6 cm³/mol. The molecule has 20 heavy (non-hydrogen) atoms. The van der Waals surface area contributed by atoms with E-state index < -0.39 is 5.60 Å². The lowest BCUT2D eigenvalue weighted by atomic mass is 10.0. The molecule has 2 rings (SSSR count). The maximum Gasteiger partial charge on any atom is 0.293 e. The van der Waals surface area contributed by atoms with Crippen molar-refractivity contribution in [2.24, 2.45) is 4.99 Å². The summed E-state index contributed by atoms with van der Waals surface area (Å²) < 4.78 is 0. The molecule has 1 aliphatic rings. The van der Waals surface area contributed by atoms with Gasteiger partial charge in [-0.15, -0.1) is 0 Å². The number of hydrogen-bond acceptors (Lipinski definition) is 5. The van der Waals surface area contributed by atoms with E-state index in [-0.39, 0.29) is 10.6 Å². The average Bonchev–Trinajstić information content (AvgIpc) is 2.80. The standard InChI is InChI=1S/C14H19N3O3/c1-14(2,18)4-5-16(3)12-6-10-8-15-9-11(10)7-13(12)17(19)20/h6-7,9,18H,4-5,8H2,1-3H3. The molecule has 1 aromatic rings. The van der Waals surface area contributed by atoms with Crippen LogP contribution < -0.4 is 4.90 Å². The molecule has 0 radical (unpaired) electrons. The summed E-state index contributed by atoms with van der Waals surface area (Å²) in [7, 11) is 1.80. The molecule has 1 N–H and O–H groups in total. The smallest absolute Gasteiger partial charge is 0.293 e. The molecule has 0 spiro atoms. The minimum absolute atomic E-state index is 0.0790. The summed E-state index contributed by atoms with van der Waals surface area (Å²) in [5.41, 5.74) is 1.68. The van der Waals surface area contributed by atoms with E-state index in [0.717, 1.165) is 11.1 Å². The Morgan fingerprint density at radius 2 is 2.20 bits per heavy atom. The first kappa shape index (κ1) is 14.5. The van der Waals surface area contributed by atoms with Crippen LogP contribution in [-0.2, 0) is 6.54 Å². The van der Waals surface area contributed by atoms with Gasteiger partial charge >= 0.3 is 0 Å². The summed E-state index contributed by atoms with van der Waals surface area (Å²) in [6.07, 6.45) is 2.21. The van der Waals surface area contributed by atoms with Crippen molar-refractivity contribution in [2.75, 3.05) is 18.5 Å². The Hall–Kier alpha value is -1.95. The van der Waals surface area contributed by atoms with E-state index in [0.29, 0.717) is 25.2 Å². The number of nitrogens with zero attached hydrogens (tertiary/aromatic N) is 3. The molecular weight excluding hydrogens is 258 g/mol. The fourth-order valence-corrected chi connectivity index (χ4v) is 2.15. The minimum atomic E-state index is -0.789. The number of rotatable bonds is 5. The van der Waals surface area contributed by atoms with Crippen LogP contribution in [0, 0.1) is 10.1 Å². The second-order valence-corrected chi connectivity index (χ2v) is 5.75. The van der Waals surface area contributed by atoms with Crippen LogP contribution in [-0.4, -0.2) is 35.4 Å². The van der Waals surface area contributed by atoms with Crippen molar-refractivity contribution in [3.05, 3.63) is 33.4 Å². The van der Waals surface area contributed by atoms with Gasteiger partial charge in [0.15, 0.2) is 0 Å². The zero-order chi connectivity index (χ0) is 14.9. The Morgan fingerprint density at radius 3 is 2.80 bits per heavy atom. The highest BCUT2D eigenvalue weighted by atomic mass is 16.6. The van der Waals surface area contributed by atoms with Gasteiger partial charge in [-0.25, -0.2) is 0 Å². The highest BCUT2D eigenvalue weighted by Gasteiger charge is 2.23. The van der Waals surface area contributed by atoms with Gasteiger partial charge in [0.05, 0.1) is 17.1 Å². The van der Waals surface area contributed by atoms with Gasteiger partial charge in [0.25, 0.3) is 5.69 Å². The normalized spacial score (nSPS) is 13.4. The first-order valence-electron chi connectivity index (χ1n) is 6.52. The van der Waals surface area contributed by atoms with Crippen LogP contribution in [0.15, 0.2) is 17.1 Å². The van der Waals surface area contributed by atoms with E-state index in [1.165, 1.54) is 0 Å². The van der Waals surface area contributed by atoms with Crippen molar-refractivity contribution in [2.45, 2.75) is 32.4 Å². The molecule has 1 aliphatic heterocycles. The van der Waals surface area contributed by atoms with Gasteiger partial charge in [-0.3, -0.25) is 15.1 Å². The van der Waals surface area contributed by atoms with E-state index in [9.17, 15) is 15.2 Å². The topological polar surface area (TPSA) is 79.0 Å². The van der Waals surface area contributed by atoms with Gasteiger partial charge in [0.2, 0.25) is 0 Å². The first-order valence-corrected chi connectivity index (χ1v) is 6.52. The van der Waals surface area contributed by atoms with Crippen LogP contribution in [0.1, 0.15) is 31.4 Å². The van der Waals surface area contributed by atoms with E-state index in [1.807, 2.05) is 11.0 Å². The van der Waals surface area contributed by atoms with Crippen molar-refractivity contribution < 1.29 is 10.0 Å². The van der Waals surface area contributed by atoms with Crippen molar-refractivity contribution in [1.29, 1.82) is 0 Å². The van der Waals surface area contributed by atoms with Crippen molar-refractivity contribution in [3.63, 3.8) is 0 Å². The van der Waals surface area contributed by atoms with E-state index in [4.69, 9.17) is 0 Å². The zero-order valence-electron chi connectivity index (χ0n) is 12.0. The van der Waals surface area contributed by atoms with E-state index >= 15 is 0 Å². The Kier molecular flexibility index (Phi) is 3.76. The minimum Gasteiger partial charge on any atom is -0.390 e. The second-order valence-electron chi connectivity index (χ2n) is 5.75. The number of aliphatic hydroxyl groups is 1. The number of aliphatic imine (C=N–C) groups is 1. The molecule has 6 nitrogen and oxygen atoms in total. The van der Waals surface area contributed by atoms with Crippen LogP contribution in [0.4, 0.5) is 11.4 Å². The molecule has 0 fully saturated rings. The molecule has 108 valence electrons. The monoisotopic (exact) mass is 277 g/mol. The molecule has 0 atom stereocenters. The number of nitro groups is 1. The van der Waals surface area contributed by atoms with Crippen LogP contribution >= 0.6 is 0 Å². The van der Waals surface area contributed by atoms with Gasteiger partial charge in [0.1, 0.15) is 5.69 Å². The summed E-state index contributed by atoms with van der Waals surface area (Å²) >= 11 is 0. The number of nitro benzene ring substituents is 1. The largest absolute Gasteiger partial charge is 0.390 e. The Labute approximate surface area is 117 Å². The maximum absolute atomic E-state index is 11.2. The molecule has 0 aliphatic carbocycles. The van der Waals surface area contributed by atoms with Crippen molar-refractivity contribution in [1.82, 2.24) is 0 Å². The third-order valence-corrected chi connectivity index (χ3v) is 3.40. The number of benzene rings is 1. The molecule has 1 aromatic carbocycles. The summed E-state index contributed by atoms with van der Waals surface area (Å²) in [6, 6.07) is 3.40. The highest BCUT2D eigenvalue weighted by Crippen LogP contribution is 2.32. The van der Waals surface area contributed by atoms with Crippen LogP contribution in [0.5, 0.6) is 0 Å². The second kappa shape index (κ2) is 5.20. The van der Waals surface area contributed by atoms with Crippen molar-refractivity contribution in [3.8, 4) is 0 Å². The lowest BCUT2D eigenvalue weighted by Crippen LogP contribution is -2.28. The quantitative estimate of drug-likeness (QED) is 0.660. The first-order chi connectivity index (χ1) is 9.28. The van der Waals surface area contributed by atoms with Gasteiger partial charge in [0, 0.05) is 31.4 Å². The van der Waals surface area contributed by atoms with Gasteiger partial charge in [-0.2, -0.15) is 0 Å². The molecule has 6 heteroatoms. The fourth-order valence-electron chi connectivity index (χ4n) is 2.15. The third-order valence-electron chi connectivity index (χ3n) is 3.40. The molecule has 0 unspecified atom stereocenters. The summed E-state index contributed by atoms with van der Waals surface area (Å²) in [5, 5.41) is 21.0. The third kappa shape index (κ3) is 3.14. The molecule has 0 saturated heterocycles. The van der Waals surface area contributed by atoms with E-state index in [2.05, 4.69) is 4.99 Å². The molecular formula is C14H19N3O3. The molecule has 0 aromatic heterocycles.